The number of imidazole rings is 1. The van der Waals surface area contributed by atoms with Crippen LogP contribution >= 0.6 is 24.8 Å². The lowest BCUT2D eigenvalue weighted by Crippen LogP contribution is -2.07. The molecule has 1 aliphatic heterocycles. The highest BCUT2D eigenvalue weighted by molar-refractivity contribution is 6.20. The van der Waals surface area contributed by atoms with Crippen molar-refractivity contribution in [1.29, 1.82) is 0 Å². The number of nitrogens with zero attached hydrogens (tertiary/aromatic N) is 3. The van der Waals surface area contributed by atoms with E-state index in [1.165, 1.54) is 0 Å². The number of aliphatic imine (C=N–C) groups is 1. The molecule has 0 spiro atoms. The number of allylic oxidation sites excluding steroid dienone is 1. The molecule has 0 saturated heterocycles. The number of aromatic nitrogens is 3. The molecular weight excluding hydrogens is 385 g/mol. The summed E-state index contributed by atoms with van der Waals surface area (Å²) in [5.74, 6) is 1.15. The van der Waals surface area contributed by atoms with Gasteiger partial charge in [0.05, 0.1) is 6.04 Å². The van der Waals surface area contributed by atoms with Crippen molar-refractivity contribution in [2.75, 3.05) is 5.32 Å². The zero-order valence-corrected chi connectivity index (χ0v) is 16.1. The third-order valence-electron chi connectivity index (χ3n) is 4.09. The second-order valence-electron chi connectivity index (χ2n) is 5.83. The van der Waals surface area contributed by atoms with Crippen LogP contribution in [0.5, 0.6) is 5.88 Å². The van der Waals surface area contributed by atoms with Gasteiger partial charge in [0.1, 0.15) is 5.69 Å². The molecule has 0 fully saturated rings. The first-order valence-electron chi connectivity index (χ1n) is 8.02. The molecule has 140 valence electrons. The Morgan fingerprint density at radius 1 is 1.11 bits per heavy atom. The van der Waals surface area contributed by atoms with Crippen molar-refractivity contribution >= 4 is 54.4 Å². The number of H-pyrrole nitrogens is 1. The Balaban J connectivity index is 0.00000131. The van der Waals surface area contributed by atoms with E-state index < -0.39 is 0 Å². The number of fused-ring (bicyclic) bond motifs is 1. The predicted molar refractivity (Wildman–Crippen MR) is 113 cm³/mol. The van der Waals surface area contributed by atoms with Crippen molar-refractivity contribution in [3.8, 4) is 5.88 Å². The number of hydrogen-bond acceptors (Lipinski definition) is 5. The Labute approximate surface area is 169 Å². The lowest BCUT2D eigenvalue weighted by Gasteiger charge is -2.12. The Kier molecular flexibility index (Phi) is 6.60. The van der Waals surface area contributed by atoms with Crippen LogP contribution in [0, 0.1) is 0 Å². The van der Waals surface area contributed by atoms with E-state index in [4.69, 9.17) is 0 Å². The van der Waals surface area contributed by atoms with Gasteiger partial charge in [0.25, 0.3) is 0 Å². The molecule has 0 radical (unpaired) electrons. The summed E-state index contributed by atoms with van der Waals surface area (Å²) in [6.45, 7) is 2.04. The lowest BCUT2D eigenvalue weighted by molar-refractivity contribution is 0.455. The van der Waals surface area contributed by atoms with E-state index in [0.717, 1.165) is 16.7 Å². The minimum Gasteiger partial charge on any atom is -0.492 e. The highest BCUT2D eigenvalue weighted by Crippen LogP contribution is 2.31. The molecule has 2 aromatic heterocycles. The van der Waals surface area contributed by atoms with E-state index in [0.29, 0.717) is 17.5 Å². The van der Waals surface area contributed by atoms with Crippen LogP contribution in [0.3, 0.4) is 0 Å². The molecule has 6 nitrogen and oxygen atoms in total. The molecule has 3 heterocycles. The minimum atomic E-state index is -0.0546. The Bertz CT molecular complexity index is 969. The molecule has 27 heavy (non-hydrogen) atoms. The van der Waals surface area contributed by atoms with Crippen LogP contribution in [0.25, 0.3) is 11.6 Å². The number of hydrogen-bond donors (Lipinski definition) is 3. The van der Waals surface area contributed by atoms with Gasteiger partial charge < -0.3 is 15.4 Å². The number of anilines is 1. The molecule has 8 heteroatoms. The zero-order chi connectivity index (χ0) is 17.2. The Morgan fingerprint density at radius 2 is 1.89 bits per heavy atom. The fourth-order valence-corrected chi connectivity index (χ4v) is 2.77. The number of aromatic amines is 1. The van der Waals surface area contributed by atoms with Gasteiger partial charge in [-0.05, 0) is 30.7 Å². The van der Waals surface area contributed by atoms with Crippen molar-refractivity contribution in [2.24, 2.45) is 4.99 Å². The van der Waals surface area contributed by atoms with Gasteiger partial charge >= 0.3 is 0 Å². The van der Waals surface area contributed by atoms with Crippen LogP contribution in [0.15, 0.2) is 53.7 Å². The summed E-state index contributed by atoms with van der Waals surface area (Å²) >= 11 is 0. The maximum absolute atomic E-state index is 10.1. The van der Waals surface area contributed by atoms with Crippen molar-refractivity contribution in [3.63, 3.8) is 0 Å². The first-order chi connectivity index (χ1) is 12.2. The summed E-state index contributed by atoms with van der Waals surface area (Å²) in [4.78, 5) is 15.7. The van der Waals surface area contributed by atoms with E-state index in [2.05, 4.69) is 25.3 Å². The van der Waals surface area contributed by atoms with Gasteiger partial charge in [-0.25, -0.2) is 9.98 Å². The first kappa shape index (κ1) is 20.5. The molecule has 1 atom stereocenters. The van der Waals surface area contributed by atoms with E-state index in [1.807, 2.05) is 55.5 Å². The van der Waals surface area contributed by atoms with Crippen molar-refractivity contribution in [2.45, 2.75) is 13.0 Å². The molecule has 3 N–H and O–H groups in total. The summed E-state index contributed by atoms with van der Waals surface area (Å²) in [6, 6.07) is 13.9. The van der Waals surface area contributed by atoms with Gasteiger partial charge in [0.2, 0.25) is 11.8 Å². The van der Waals surface area contributed by atoms with Gasteiger partial charge in [-0.1, -0.05) is 30.3 Å². The number of benzene rings is 1. The average molecular weight is 404 g/mol. The molecule has 0 aliphatic carbocycles. The molecule has 3 aromatic rings. The maximum Gasteiger partial charge on any atom is 0.238 e. The minimum absolute atomic E-state index is 0. The van der Waals surface area contributed by atoms with Gasteiger partial charge in [-0.3, -0.25) is 0 Å². The van der Waals surface area contributed by atoms with Crippen LogP contribution in [-0.2, 0) is 0 Å². The first-order valence-corrected chi connectivity index (χ1v) is 8.02. The summed E-state index contributed by atoms with van der Waals surface area (Å²) in [5.41, 5.74) is 3.48. The zero-order valence-electron chi connectivity index (χ0n) is 14.5. The highest BCUT2D eigenvalue weighted by Gasteiger charge is 2.15. The normalized spacial score (nSPS) is 14.2. The standard InChI is InChI=1S/C19H17N5O.2ClH/c1-12(13-6-3-2-4-7-13)22-19-23-16(18(25)24-19)10-14-11-21-17-15(14)8-5-9-20-17;;/h2-12,25H,1H3,(H2,22,23,24);2*1H/b14-10+;;/t12-;;/m0../s1. The smallest absolute Gasteiger partial charge is 0.238 e. The second-order valence-corrected chi connectivity index (χ2v) is 5.83. The summed E-state index contributed by atoms with van der Waals surface area (Å²) in [6.07, 6.45) is 5.26. The summed E-state index contributed by atoms with van der Waals surface area (Å²) in [5, 5.41) is 13.4. The second kappa shape index (κ2) is 8.70. The quantitative estimate of drug-likeness (QED) is 0.584. The van der Waals surface area contributed by atoms with E-state index >= 15 is 0 Å². The largest absolute Gasteiger partial charge is 0.492 e. The van der Waals surface area contributed by atoms with Gasteiger partial charge in [-0.2, -0.15) is 4.98 Å². The number of nitrogens with one attached hydrogen (secondary N) is 2. The van der Waals surface area contributed by atoms with Crippen LogP contribution in [0.2, 0.25) is 0 Å². The van der Waals surface area contributed by atoms with Crippen LogP contribution < -0.4 is 5.32 Å². The molecule has 1 aromatic carbocycles. The highest BCUT2D eigenvalue weighted by atomic mass is 35.5. The van der Waals surface area contributed by atoms with Gasteiger partial charge in [-0.15, -0.1) is 24.8 Å². The molecular formula is C19H19Cl2N5O. The molecule has 0 unspecified atom stereocenters. The maximum atomic E-state index is 10.1. The molecule has 1 aliphatic rings. The Morgan fingerprint density at radius 3 is 2.67 bits per heavy atom. The lowest BCUT2D eigenvalue weighted by atomic mass is 10.1. The van der Waals surface area contributed by atoms with Gasteiger partial charge in [0, 0.05) is 23.5 Å². The van der Waals surface area contributed by atoms with E-state index in [-0.39, 0.29) is 36.7 Å². The monoisotopic (exact) mass is 403 g/mol. The van der Waals surface area contributed by atoms with Crippen LogP contribution in [-0.4, -0.2) is 26.3 Å². The molecule has 0 saturated carbocycles. The van der Waals surface area contributed by atoms with Crippen molar-refractivity contribution in [1.82, 2.24) is 15.0 Å². The third-order valence-corrected chi connectivity index (χ3v) is 4.09. The average Bonchev–Trinajstić information content (AvgIpc) is 3.20. The van der Waals surface area contributed by atoms with Crippen LogP contribution in [0.4, 0.5) is 11.8 Å². The Hall–Kier alpha value is -2.83. The van der Waals surface area contributed by atoms with E-state index in [9.17, 15) is 5.11 Å². The SMILES string of the molecule is C[C@H](Nc1nc(O)c(/C=C2\C=Nc3ncccc32)[nH]1)c1ccccc1.Cl.Cl. The predicted octanol–water partition coefficient (Wildman–Crippen LogP) is 4.78. The van der Waals surface area contributed by atoms with Crippen molar-refractivity contribution < 1.29 is 5.11 Å². The number of rotatable bonds is 4. The molecule has 4 rings (SSSR count). The van der Waals surface area contributed by atoms with Gasteiger partial charge in [0.15, 0.2) is 5.82 Å². The number of pyridine rings is 1. The van der Waals surface area contributed by atoms with Crippen LogP contribution in [0.1, 0.15) is 29.8 Å². The third kappa shape index (κ3) is 4.30. The van der Waals surface area contributed by atoms with E-state index in [1.54, 1.807) is 12.4 Å². The number of aromatic hydroxyl groups is 1. The molecule has 0 amide bonds. The summed E-state index contributed by atoms with van der Waals surface area (Å²) in [7, 11) is 0. The fourth-order valence-electron chi connectivity index (χ4n) is 2.77. The fraction of sp³-hybridized carbons (Fsp3) is 0.105. The topological polar surface area (TPSA) is 86.2 Å². The number of halogens is 2. The summed E-state index contributed by atoms with van der Waals surface area (Å²) < 4.78 is 0. The molecule has 0 bridgehead atoms. The van der Waals surface area contributed by atoms with Crippen molar-refractivity contribution in [3.05, 3.63) is 65.5 Å².